The SMILES string of the molecule is Clc1cccc(Cl)c1Nc1ccnc(N2CCCCC2)n1. The summed E-state index contributed by atoms with van der Waals surface area (Å²) in [6, 6.07) is 7.22. The average Bonchev–Trinajstić information content (AvgIpc) is 2.52. The highest BCUT2D eigenvalue weighted by molar-refractivity contribution is 6.39. The zero-order chi connectivity index (χ0) is 14.7. The fourth-order valence-corrected chi connectivity index (χ4v) is 2.90. The Hall–Kier alpha value is -1.52. The van der Waals surface area contributed by atoms with E-state index in [9.17, 15) is 0 Å². The van der Waals surface area contributed by atoms with Gasteiger partial charge in [0.15, 0.2) is 0 Å². The molecule has 21 heavy (non-hydrogen) atoms. The number of piperidine rings is 1. The summed E-state index contributed by atoms with van der Waals surface area (Å²) in [7, 11) is 0. The lowest BCUT2D eigenvalue weighted by Crippen LogP contribution is -2.31. The first-order chi connectivity index (χ1) is 10.2. The number of nitrogens with one attached hydrogen (secondary N) is 1. The highest BCUT2D eigenvalue weighted by atomic mass is 35.5. The van der Waals surface area contributed by atoms with Crippen LogP contribution in [0.4, 0.5) is 17.5 Å². The lowest BCUT2D eigenvalue weighted by molar-refractivity contribution is 0.568. The first-order valence-corrected chi connectivity index (χ1v) is 7.79. The van der Waals surface area contributed by atoms with Crippen molar-refractivity contribution in [1.82, 2.24) is 9.97 Å². The third-order valence-electron chi connectivity index (χ3n) is 3.50. The van der Waals surface area contributed by atoms with Crippen LogP contribution in [0, 0.1) is 0 Å². The quantitative estimate of drug-likeness (QED) is 0.902. The van der Waals surface area contributed by atoms with Gasteiger partial charge in [-0.2, -0.15) is 4.98 Å². The van der Waals surface area contributed by atoms with Gasteiger partial charge in [-0.25, -0.2) is 4.98 Å². The minimum absolute atomic E-state index is 0.570. The third kappa shape index (κ3) is 3.39. The summed E-state index contributed by atoms with van der Waals surface area (Å²) in [6.07, 6.45) is 5.42. The van der Waals surface area contributed by atoms with E-state index in [-0.39, 0.29) is 0 Å². The molecule has 2 aromatic rings. The Morgan fingerprint density at radius 2 is 1.71 bits per heavy atom. The maximum atomic E-state index is 6.17. The minimum atomic E-state index is 0.570. The molecule has 1 saturated heterocycles. The molecule has 4 nitrogen and oxygen atoms in total. The Bertz CT molecular complexity index is 607. The summed E-state index contributed by atoms with van der Waals surface area (Å²) in [5.41, 5.74) is 0.670. The predicted molar refractivity (Wildman–Crippen MR) is 87.8 cm³/mol. The Kier molecular flexibility index (Phi) is 4.46. The number of hydrogen-bond donors (Lipinski definition) is 1. The molecule has 110 valence electrons. The minimum Gasteiger partial charge on any atom is -0.341 e. The molecule has 0 amide bonds. The van der Waals surface area contributed by atoms with Gasteiger partial charge in [0.1, 0.15) is 5.82 Å². The van der Waals surface area contributed by atoms with Gasteiger partial charge in [0.05, 0.1) is 15.7 Å². The molecule has 0 aliphatic carbocycles. The van der Waals surface area contributed by atoms with Crippen LogP contribution in [0.3, 0.4) is 0 Å². The van der Waals surface area contributed by atoms with Crippen LogP contribution in [0.25, 0.3) is 0 Å². The molecule has 0 spiro atoms. The molecule has 0 radical (unpaired) electrons. The van der Waals surface area contributed by atoms with Gasteiger partial charge in [-0.05, 0) is 37.5 Å². The van der Waals surface area contributed by atoms with E-state index in [0.717, 1.165) is 19.0 Å². The summed E-state index contributed by atoms with van der Waals surface area (Å²) < 4.78 is 0. The van der Waals surface area contributed by atoms with Gasteiger partial charge < -0.3 is 10.2 Å². The molecule has 3 rings (SSSR count). The van der Waals surface area contributed by atoms with E-state index in [2.05, 4.69) is 20.2 Å². The number of aromatic nitrogens is 2. The van der Waals surface area contributed by atoms with Crippen LogP contribution in [0.2, 0.25) is 10.0 Å². The first kappa shape index (κ1) is 14.4. The predicted octanol–water partition coefficient (Wildman–Crippen LogP) is 4.52. The van der Waals surface area contributed by atoms with Crippen LogP contribution in [0.1, 0.15) is 19.3 Å². The highest BCUT2D eigenvalue weighted by Crippen LogP contribution is 2.32. The highest BCUT2D eigenvalue weighted by Gasteiger charge is 2.14. The molecule has 6 heteroatoms. The van der Waals surface area contributed by atoms with Crippen molar-refractivity contribution in [2.24, 2.45) is 0 Å². The fourth-order valence-electron chi connectivity index (χ4n) is 2.41. The summed E-state index contributed by atoms with van der Waals surface area (Å²) in [5, 5.41) is 4.32. The van der Waals surface area contributed by atoms with Gasteiger partial charge >= 0.3 is 0 Å². The number of nitrogens with zero attached hydrogens (tertiary/aromatic N) is 3. The van der Waals surface area contributed by atoms with E-state index in [1.165, 1.54) is 19.3 Å². The maximum Gasteiger partial charge on any atom is 0.227 e. The van der Waals surface area contributed by atoms with Gasteiger partial charge in [0.2, 0.25) is 5.95 Å². The number of halogens is 2. The Balaban J connectivity index is 1.83. The van der Waals surface area contributed by atoms with Crippen molar-refractivity contribution in [1.29, 1.82) is 0 Å². The van der Waals surface area contributed by atoms with Crippen LogP contribution in [0.5, 0.6) is 0 Å². The maximum absolute atomic E-state index is 6.17. The number of benzene rings is 1. The van der Waals surface area contributed by atoms with E-state index in [1.807, 2.05) is 12.1 Å². The second-order valence-electron chi connectivity index (χ2n) is 5.01. The van der Waals surface area contributed by atoms with Gasteiger partial charge in [-0.1, -0.05) is 29.3 Å². The van der Waals surface area contributed by atoms with Crippen LogP contribution in [-0.4, -0.2) is 23.1 Å². The molecule has 1 aliphatic rings. The zero-order valence-electron chi connectivity index (χ0n) is 11.5. The normalized spacial score (nSPS) is 15.0. The van der Waals surface area contributed by atoms with Crippen molar-refractivity contribution < 1.29 is 0 Å². The van der Waals surface area contributed by atoms with Crippen LogP contribution in [0.15, 0.2) is 30.5 Å². The van der Waals surface area contributed by atoms with Crippen molar-refractivity contribution in [3.05, 3.63) is 40.5 Å². The summed E-state index contributed by atoms with van der Waals surface area (Å²) in [6.45, 7) is 2.02. The van der Waals surface area contributed by atoms with Crippen LogP contribution < -0.4 is 10.2 Å². The number of hydrogen-bond acceptors (Lipinski definition) is 4. The standard InChI is InChI=1S/C15H16Cl2N4/c16-11-5-4-6-12(17)14(11)19-13-7-8-18-15(20-13)21-9-2-1-3-10-21/h4-8H,1-3,9-10H2,(H,18,19,20). The third-order valence-corrected chi connectivity index (χ3v) is 4.13. The Morgan fingerprint density at radius 3 is 2.43 bits per heavy atom. The summed E-state index contributed by atoms with van der Waals surface area (Å²) >= 11 is 12.3. The zero-order valence-corrected chi connectivity index (χ0v) is 13.0. The topological polar surface area (TPSA) is 41.1 Å². The van der Waals surface area contributed by atoms with E-state index < -0.39 is 0 Å². The molecule has 0 bridgehead atoms. The largest absolute Gasteiger partial charge is 0.341 e. The molecule has 1 N–H and O–H groups in total. The van der Waals surface area contributed by atoms with Gasteiger partial charge in [-0.3, -0.25) is 0 Å². The second-order valence-corrected chi connectivity index (χ2v) is 5.83. The molecule has 1 aromatic heterocycles. The Labute approximate surface area is 134 Å². The lowest BCUT2D eigenvalue weighted by atomic mass is 10.1. The molecule has 1 fully saturated rings. The molecular weight excluding hydrogens is 307 g/mol. The average molecular weight is 323 g/mol. The second kappa shape index (κ2) is 6.50. The van der Waals surface area contributed by atoms with Crippen molar-refractivity contribution in [2.45, 2.75) is 19.3 Å². The molecule has 1 aromatic carbocycles. The van der Waals surface area contributed by atoms with E-state index >= 15 is 0 Å². The van der Waals surface area contributed by atoms with Crippen molar-refractivity contribution in [3.8, 4) is 0 Å². The van der Waals surface area contributed by atoms with Crippen LogP contribution in [-0.2, 0) is 0 Å². The molecule has 0 atom stereocenters. The molecule has 1 aliphatic heterocycles. The first-order valence-electron chi connectivity index (χ1n) is 7.03. The number of anilines is 3. The lowest BCUT2D eigenvalue weighted by Gasteiger charge is -2.26. The molecule has 2 heterocycles. The molecule has 0 unspecified atom stereocenters. The van der Waals surface area contributed by atoms with Gasteiger partial charge in [0.25, 0.3) is 0 Å². The molecular formula is C15H16Cl2N4. The monoisotopic (exact) mass is 322 g/mol. The fraction of sp³-hybridized carbons (Fsp3) is 0.333. The van der Waals surface area contributed by atoms with Crippen molar-refractivity contribution >= 4 is 40.7 Å². The summed E-state index contributed by atoms with van der Waals surface area (Å²) in [4.78, 5) is 11.1. The number of para-hydroxylation sites is 1. The Morgan fingerprint density at radius 1 is 1.00 bits per heavy atom. The van der Waals surface area contributed by atoms with E-state index in [0.29, 0.717) is 21.6 Å². The van der Waals surface area contributed by atoms with Crippen molar-refractivity contribution in [2.75, 3.05) is 23.3 Å². The number of rotatable bonds is 3. The van der Waals surface area contributed by atoms with Gasteiger partial charge in [-0.15, -0.1) is 0 Å². The summed E-state index contributed by atoms with van der Waals surface area (Å²) in [5.74, 6) is 1.45. The van der Waals surface area contributed by atoms with E-state index in [1.54, 1.807) is 18.3 Å². The van der Waals surface area contributed by atoms with Crippen molar-refractivity contribution in [3.63, 3.8) is 0 Å². The smallest absolute Gasteiger partial charge is 0.227 e. The molecule has 0 saturated carbocycles. The van der Waals surface area contributed by atoms with E-state index in [4.69, 9.17) is 23.2 Å². The van der Waals surface area contributed by atoms with Crippen LogP contribution >= 0.6 is 23.2 Å². The van der Waals surface area contributed by atoms with Gasteiger partial charge in [0, 0.05) is 19.3 Å².